The maximum atomic E-state index is 5.90. The molecule has 78 valence electrons. The third-order valence-corrected chi connectivity index (χ3v) is 2.47. The number of nitrogens with zero attached hydrogens (tertiary/aromatic N) is 3. The quantitative estimate of drug-likeness (QED) is 0.668. The van der Waals surface area contributed by atoms with Gasteiger partial charge in [0.25, 0.3) is 0 Å². The van der Waals surface area contributed by atoms with Gasteiger partial charge in [0.05, 0.1) is 11.0 Å². The number of aromatic nitrogens is 3. The summed E-state index contributed by atoms with van der Waals surface area (Å²) in [5, 5.41) is 0. The lowest BCUT2D eigenvalue weighted by Gasteiger charge is -2.03. The molecule has 4 heteroatoms. The first-order chi connectivity index (χ1) is 7.86. The molecule has 0 amide bonds. The van der Waals surface area contributed by atoms with Gasteiger partial charge in [0.1, 0.15) is 5.82 Å². The molecule has 0 aliphatic heterocycles. The van der Waals surface area contributed by atoms with Crippen molar-refractivity contribution in [3.63, 3.8) is 0 Å². The number of benzene rings is 1. The zero-order valence-corrected chi connectivity index (χ0v) is 8.54. The first kappa shape index (κ1) is 8.91. The summed E-state index contributed by atoms with van der Waals surface area (Å²) in [5.41, 5.74) is 7.75. The Labute approximate surface area is 92.4 Å². The van der Waals surface area contributed by atoms with E-state index in [1.165, 1.54) is 0 Å². The Morgan fingerprint density at radius 3 is 2.62 bits per heavy atom. The van der Waals surface area contributed by atoms with Crippen LogP contribution in [0.4, 0.5) is 5.95 Å². The molecule has 3 rings (SSSR count). The van der Waals surface area contributed by atoms with Gasteiger partial charge in [-0.15, -0.1) is 0 Å². The van der Waals surface area contributed by atoms with Gasteiger partial charge in [-0.2, -0.15) is 0 Å². The van der Waals surface area contributed by atoms with Gasteiger partial charge in [0.2, 0.25) is 5.95 Å². The molecule has 4 nitrogen and oxygen atoms in total. The van der Waals surface area contributed by atoms with Crippen LogP contribution in [0.5, 0.6) is 0 Å². The molecule has 0 aliphatic carbocycles. The lowest BCUT2D eigenvalue weighted by molar-refractivity contribution is 1.04. The fourth-order valence-electron chi connectivity index (χ4n) is 1.77. The minimum absolute atomic E-state index is 0.458. The molecule has 1 aromatic carbocycles. The fourth-order valence-corrected chi connectivity index (χ4v) is 1.77. The maximum absolute atomic E-state index is 5.90. The highest BCUT2D eigenvalue weighted by molar-refractivity contribution is 5.80. The molecule has 0 saturated heterocycles. The monoisotopic (exact) mass is 210 g/mol. The van der Waals surface area contributed by atoms with Crippen molar-refractivity contribution in [3.05, 3.63) is 48.7 Å². The number of fused-ring (bicyclic) bond motifs is 1. The molecule has 0 unspecified atom stereocenters. The molecule has 0 spiro atoms. The highest BCUT2D eigenvalue weighted by Crippen LogP contribution is 2.20. The molecule has 3 aromatic rings. The Kier molecular flexibility index (Phi) is 1.86. The van der Waals surface area contributed by atoms with Gasteiger partial charge in [-0.25, -0.2) is 9.97 Å². The van der Waals surface area contributed by atoms with Gasteiger partial charge in [-0.1, -0.05) is 18.2 Å². The van der Waals surface area contributed by atoms with Crippen LogP contribution in [0.1, 0.15) is 0 Å². The van der Waals surface area contributed by atoms with E-state index >= 15 is 0 Å². The van der Waals surface area contributed by atoms with Gasteiger partial charge in [-0.3, -0.25) is 4.57 Å². The van der Waals surface area contributed by atoms with Crippen LogP contribution >= 0.6 is 0 Å². The van der Waals surface area contributed by atoms with E-state index in [2.05, 4.69) is 9.97 Å². The van der Waals surface area contributed by atoms with Gasteiger partial charge in [-0.05, 0) is 24.3 Å². The second-order valence-electron chi connectivity index (χ2n) is 3.48. The molecule has 2 heterocycles. The Hall–Kier alpha value is -2.36. The lowest BCUT2D eigenvalue weighted by Crippen LogP contribution is -2.01. The fraction of sp³-hybridized carbons (Fsp3) is 0. The zero-order chi connectivity index (χ0) is 11.0. The maximum Gasteiger partial charge on any atom is 0.207 e. The number of rotatable bonds is 1. The Morgan fingerprint density at radius 2 is 1.81 bits per heavy atom. The smallest absolute Gasteiger partial charge is 0.207 e. The number of imidazole rings is 1. The molecular formula is C12H10N4. The Morgan fingerprint density at radius 1 is 1.00 bits per heavy atom. The van der Waals surface area contributed by atoms with Crippen LogP contribution < -0.4 is 5.73 Å². The van der Waals surface area contributed by atoms with E-state index in [-0.39, 0.29) is 0 Å². The van der Waals surface area contributed by atoms with Crippen LogP contribution in [-0.2, 0) is 0 Å². The van der Waals surface area contributed by atoms with Crippen LogP contribution in [0.2, 0.25) is 0 Å². The molecule has 0 atom stereocenters. The van der Waals surface area contributed by atoms with E-state index in [1.54, 1.807) is 6.20 Å². The van der Waals surface area contributed by atoms with Gasteiger partial charge >= 0.3 is 0 Å². The van der Waals surface area contributed by atoms with Crippen molar-refractivity contribution >= 4 is 17.0 Å². The Bertz CT molecular complexity index is 628. The van der Waals surface area contributed by atoms with Crippen molar-refractivity contribution in [1.82, 2.24) is 14.5 Å². The van der Waals surface area contributed by atoms with Crippen LogP contribution in [0.15, 0.2) is 48.7 Å². The number of para-hydroxylation sites is 2. The van der Waals surface area contributed by atoms with E-state index < -0.39 is 0 Å². The number of nitrogens with two attached hydrogens (primary N) is 1. The predicted octanol–water partition coefficient (Wildman–Crippen LogP) is 2.00. The van der Waals surface area contributed by atoms with Crippen molar-refractivity contribution in [1.29, 1.82) is 0 Å². The molecule has 0 bridgehead atoms. The Balaban J connectivity index is 2.35. The number of hydrogen-bond acceptors (Lipinski definition) is 3. The average molecular weight is 210 g/mol. The van der Waals surface area contributed by atoms with Gasteiger partial charge < -0.3 is 5.73 Å². The van der Waals surface area contributed by atoms with Gasteiger partial charge in [0.15, 0.2) is 0 Å². The van der Waals surface area contributed by atoms with E-state index in [0.717, 1.165) is 16.9 Å². The molecule has 0 aliphatic rings. The van der Waals surface area contributed by atoms with Crippen molar-refractivity contribution < 1.29 is 0 Å². The zero-order valence-electron chi connectivity index (χ0n) is 8.54. The van der Waals surface area contributed by atoms with Crippen LogP contribution in [-0.4, -0.2) is 14.5 Å². The minimum Gasteiger partial charge on any atom is -0.369 e. The highest BCUT2D eigenvalue weighted by Gasteiger charge is 2.09. The standard InChI is InChI=1S/C12H10N4/c13-12-15-9-5-1-2-6-10(9)16(12)11-7-3-4-8-14-11/h1-8H,(H2,13,15). The first-order valence-corrected chi connectivity index (χ1v) is 5.00. The topological polar surface area (TPSA) is 56.7 Å². The molecule has 2 aromatic heterocycles. The third kappa shape index (κ3) is 1.24. The van der Waals surface area contributed by atoms with E-state index in [9.17, 15) is 0 Å². The molecular weight excluding hydrogens is 200 g/mol. The largest absolute Gasteiger partial charge is 0.369 e. The highest BCUT2D eigenvalue weighted by atomic mass is 15.2. The SMILES string of the molecule is Nc1nc2ccccc2n1-c1ccccn1. The molecule has 16 heavy (non-hydrogen) atoms. The molecule has 2 N–H and O–H groups in total. The molecule has 0 fully saturated rings. The lowest BCUT2D eigenvalue weighted by atomic mass is 10.3. The van der Waals surface area contributed by atoms with Crippen molar-refractivity contribution in [2.75, 3.05) is 5.73 Å². The summed E-state index contributed by atoms with van der Waals surface area (Å²) in [6, 6.07) is 13.5. The summed E-state index contributed by atoms with van der Waals surface area (Å²) in [6.45, 7) is 0. The molecule has 0 saturated carbocycles. The third-order valence-electron chi connectivity index (χ3n) is 2.47. The van der Waals surface area contributed by atoms with E-state index in [1.807, 2.05) is 47.0 Å². The second kappa shape index (κ2) is 3.34. The van der Waals surface area contributed by atoms with Crippen LogP contribution in [0.3, 0.4) is 0 Å². The number of hydrogen-bond donors (Lipinski definition) is 1. The van der Waals surface area contributed by atoms with Crippen molar-refractivity contribution in [2.24, 2.45) is 0 Å². The van der Waals surface area contributed by atoms with Crippen LogP contribution in [0, 0.1) is 0 Å². The molecule has 0 radical (unpaired) electrons. The minimum atomic E-state index is 0.458. The first-order valence-electron chi connectivity index (χ1n) is 5.00. The van der Waals surface area contributed by atoms with Crippen LogP contribution in [0.25, 0.3) is 16.9 Å². The normalized spacial score (nSPS) is 10.8. The predicted molar refractivity (Wildman–Crippen MR) is 63.3 cm³/mol. The second-order valence-corrected chi connectivity index (χ2v) is 3.48. The van der Waals surface area contributed by atoms with Crippen molar-refractivity contribution in [2.45, 2.75) is 0 Å². The summed E-state index contributed by atoms with van der Waals surface area (Å²) >= 11 is 0. The number of pyridine rings is 1. The number of nitrogen functional groups attached to an aromatic ring is 1. The summed E-state index contributed by atoms with van der Waals surface area (Å²) < 4.78 is 1.84. The van der Waals surface area contributed by atoms with Crippen molar-refractivity contribution in [3.8, 4) is 5.82 Å². The summed E-state index contributed by atoms with van der Waals surface area (Å²) in [5.74, 6) is 1.24. The van der Waals surface area contributed by atoms with Gasteiger partial charge in [0, 0.05) is 6.20 Å². The van der Waals surface area contributed by atoms with E-state index in [4.69, 9.17) is 5.73 Å². The number of anilines is 1. The summed E-state index contributed by atoms with van der Waals surface area (Å²) in [6.07, 6.45) is 1.74. The van der Waals surface area contributed by atoms with E-state index in [0.29, 0.717) is 5.95 Å². The average Bonchev–Trinajstić information content (AvgIpc) is 2.66. The summed E-state index contributed by atoms with van der Waals surface area (Å²) in [4.78, 5) is 8.57. The summed E-state index contributed by atoms with van der Waals surface area (Å²) in [7, 11) is 0.